The van der Waals surface area contributed by atoms with Crippen LogP contribution >= 0.6 is 11.6 Å². The highest BCUT2D eigenvalue weighted by Crippen LogP contribution is 2.30. The van der Waals surface area contributed by atoms with Crippen LogP contribution in [0.5, 0.6) is 11.5 Å². The van der Waals surface area contributed by atoms with E-state index in [1.54, 1.807) is 0 Å². The number of nitrogens with one attached hydrogen (secondary N) is 2. The number of quaternary nitrogens is 1. The number of halogens is 1. The second kappa shape index (κ2) is 8.71. The summed E-state index contributed by atoms with van der Waals surface area (Å²) in [4.78, 5) is 15.9. The maximum absolute atomic E-state index is 12.3. The molecule has 1 fully saturated rings. The molecule has 2 aromatic rings. The lowest BCUT2D eigenvalue weighted by molar-refractivity contribution is -0.892. The molecular formula is C21H25ClN3O3+. The van der Waals surface area contributed by atoms with Gasteiger partial charge in [-0.15, -0.1) is 0 Å². The van der Waals surface area contributed by atoms with Crippen molar-refractivity contribution in [1.82, 2.24) is 5.32 Å². The first kappa shape index (κ1) is 18.9. The third kappa shape index (κ3) is 4.51. The zero-order chi connectivity index (χ0) is 19.3. The molecule has 1 atom stereocenters. The third-order valence-corrected chi connectivity index (χ3v) is 5.49. The van der Waals surface area contributed by atoms with Gasteiger partial charge in [-0.25, -0.2) is 0 Å². The van der Waals surface area contributed by atoms with E-state index >= 15 is 0 Å². The number of para-hydroxylation sites is 3. The summed E-state index contributed by atoms with van der Waals surface area (Å²) in [6.07, 6.45) is -0.161. The minimum Gasteiger partial charge on any atom is -0.486 e. The fraction of sp³-hybridized carbons (Fsp3) is 0.381. The lowest BCUT2D eigenvalue weighted by Gasteiger charge is -2.33. The molecule has 2 N–H and O–H groups in total. The predicted octanol–water partition coefficient (Wildman–Crippen LogP) is 1.00. The Hall–Kier alpha value is -2.44. The highest BCUT2D eigenvalue weighted by Gasteiger charge is 2.25. The number of hydrogen-bond acceptors (Lipinski definition) is 4. The highest BCUT2D eigenvalue weighted by molar-refractivity contribution is 6.33. The zero-order valence-electron chi connectivity index (χ0n) is 15.7. The van der Waals surface area contributed by atoms with Crippen LogP contribution in [0.4, 0.5) is 5.69 Å². The van der Waals surface area contributed by atoms with Crippen molar-refractivity contribution in [3.8, 4) is 11.5 Å². The van der Waals surface area contributed by atoms with E-state index in [0.717, 1.165) is 48.4 Å². The van der Waals surface area contributed by atoms with Crippen LogP contribution in [0.3, 0.4) is 0 Å². The monoisotopic (exact) mass is 402 g/mol. The van der Waals surface area contributed by atoms with Crippen molar-refractivity contribution in [2.75, 3.05) is 50.8 Å². The van der Waals surface area contributed by atoms with Crippen molar-refractivity contribution in [2.24, 2.45) is 0 Å². The molecule has 6 nitrogen and oxygen atoms in total. The van der Waals surface area contributed by atoms with Crippen LogP contribution in [0.25, 0.3) is 0 Å². The minimum absolute atomic E-state index is 0.0450. The molecule has 2 aliphatic rings. The fourth-order valence-corrected chi connectivity index (χ4v) is 3.88. The summed E-state index contributed by atoms with van der Waals surface area (Å²) in [6, 6.07) is 15.5. The SMILES string of the molecule is O=C(C[NH+]1CCN(c2ccccc2Cl)CC1)NC[C@@H]1COc2ccccc2O1. The van der Waals surface area contributed by atoms with Gasteiger partial charge in [0.05, 0.1) is 43.4 Å². The normalized spacial score (nSPS) is 19.3. The van der Waals surface area contributed by atoms with Crippen molar-refractivity contribution in [3.63, 3.8) is 0 Å². The Morgan fingerprint density at radius 3 is 2.61 bits per heavy atom. The highest BCUT2D eigenvalue weighted by atomic mass is 35.5. The number of rotatable bonds is 5. The predicted molar refractivity (Wildman–Crippen MR) is 109 cm³/mol. The van der Waals surface area contributed by atoms with Crippen LogP contribution in [0.1, 0.15) is 0 Å². The van der Waals surface area contributed by atoms with Crippen LogP contribution in [-0.2, 0) is 4.79 Å². The molecule has 0 saturated carbocycles. The quantitative estimate of drug-likeness (QED) is 0.783. The van der Waals surface area contributed by atoms with E-state index in [2.05, 4.69) is 10.2 Å². The Morgan fingerprint density at radius 1 is 1.11 bits per heavy atom. The summed E-state index contributed by atoms with van der Waals surface area (Å²) in [5.41, 5.74) is 1.07. The minimum atomic E-state index is -0.161. The van der Waals surface area contributed by atoms with Gasteiger partial charge in [0.2, 0.25) is 0 Å². The van der Waals surface area contributed by atoms with Crippen LogP contribution in [-0.4, -0.2) is 57.9 Å². The Bertz CT molecular complexity index is 824. The van der Waals surface area contributed by atoms with E-state index in [1.807, 2.05) is 48.5 Å². The van der Waals surface area contributed by atoms with Gasteiger partial charge < -0.3 is 24.6 Å². The first-order valence-electron chi connectivity index (χ1n) is 9.67. The smallest absolute Gasteiger partial charge is 0.275 e. The zero-order valence-corrected chi connectivity index (χ0v) is 16.5. The van der Waals surface area contributed by atoms with Crippen molar-refractivity contribution in [2.45, 2.75) is 6.10 Å². The maximum Gasteiger partial charge on any atom is 0.275 e. The molecule has 1 amide bonds. The molecule has 0 unspecified atom stereocenters. The number of anilines is 1. The number of carbonyl (C=O) groups is 1. The van der Waals surface area contributed by atoms with E-state index in [0.29, 0.717) is 19.7 Å². The lowest BCUT2D eigenvalue weighted by atomic mass is 10.2. The third-order valence-electron chi connectivity index (χ3n) is 5.17. The average Bonchev–Trinajstić information content (AvgIpc) is 2.73. The second-order valence-electron chi connectivity index (χ2n) is 7.17. The number of nitrogens with zero attached hydrogens (tertiary/aromatic N) is 1. The lowest BCUT2D eigenvalue weighted by Crippen LogP contribution is -3.16. The van der Waals surface area contributed by atoms with E-state index in [-0.39, 0.29) is 12.0 Å². The van der Waals surface area contributed by atoms with E-state index in [1.165, 1.54) is 4.90 Å². The topological polar surface area (TPSA) is 55.2 Å². The largest absolute Gasteiger partial charge is 0.486 e. The first-order valence-corrected chi connectivity index (χ1v) is 10.0. The molecule has 1 saturated heterocycles. The Morgan fingerprint density at radius 2 is 1.82 bits per heavy atom. The summed E-state index contributed by atoms with van der Waals surface area (Å²) in [6.45, 7) is 4.98. The number of fused-ring (bicyclic) bond motifs is 1. The van der Waals surface area contributed by atoms with E-state index < -0.39 is 0 Å². The standard InChI is InChI=1S/C21H24ClN3O3/c22-17-5-1-2-6-18(17)25-11-9-24(10-12-25)14-21(26)23-13-16-15-27-19-7-3-4-8-20(19)28-16/h1-8,16H,9-15H2,(H,23,26)/p+1/t16-/m1/s1. The first-order chi connectivity index (χ1) is 13.7. The molecule has 2 heterocycles. The molecule has 0 spiro atoms. The molecule has 0 radical (unpaired) electrons. The van der Waals surface area contributed by atoms with Crippen molar-refractivity contribution < 1.29 is 19.2 Å². The molecule has 0 aromatic heterocycles. The number of piperazine rings is 1. The van der Waals surface area contributed by atoms with Gasteiger partial charge in [-0.3, -0.25) is 4.79 Å². The molecule has 2 aromatic carbocycles. The Balaban J connectivity index is 1.20. The molecule has 7 heteroatoms. The van der Waals surface area contributed by atoms with Crippen LogP contribution < -0.4 is 24.6 Å². The molecule has 4 rings (SSSR count). The summed E-state index contributed by atoms with van der Waals surface area (Å²) < 4.78 is 11.6. The maximum atomic E-state index is 12.3. The second-order valence-corrected chi connectivity index (χ2v) is 7.57. The van der Waals surface area contributed by atoms with Gasteiger partial charge in [-0.1, -0.05) is 35.9 Å². The van der Waals surface area contributed by atoms with Gasteiger partial charge in [0.1, 0.15) is 12.7 Å². The van der Waals surface area contributed by atoms with E-state index in [9.17, 15) is 4.79 Å². The number of ether oxygens (including phenoxy) is 2. The van der Waals surface area contributed by atoms with E-state index in [4.69, 9.17) is 21.1 Å². The van der Waals surface area contributed by atoms with Crippen LogP contribution in [0.2, 0.25) is 5.02 Å². The van der Waals surface area contributed by atoms with Gasteiger partial charge in [0.25, 0.3) is 5.91 Å². The summed E-state index contributed by atoms with van der Waals surface area (Å²) in [5.74, 6) is 1.53. The summed E-state index contributed by atoms with van der Waals surface area (Å²) in [5, 5.41) is 3.76. The van der Waals surface area contributed by atoms with Gasteiger partial charge in [0, 0.05) is 0 Å². The molecule has 0 bridgehead atoms. The fourth-order valence-electron chi connectivity index (χ4n) is 3.63. The summed E-state index contributed by atoms with van der Waals surface area (Å²) >= 11 is 6.29. The number of carbonyl (C=O) groups excluding carboxylic acids is 1. The molecule has 0 aliphatic carbocycles. The van der Waals surface area contributed by atoms with Gasteiger partial charge in [0.15, 0.2) is 18.0 Å². The van der Waals surface area contributed by atoms with Crippen molar-refractivity contribution >= 4 is 23.2 Å². The molecule has 148 valence electrons. The van der Waals surface area contributed by atoms with Crippen LogP contribution in [0, 0.1) is 0 Å². The van der Waals surface area contributed by atoms with Gasteiger partial charge in [-0.2, -0.15) is 0 Å². The number of hydrogen-bond donors (Lipinski definition) is 2. The van der Waals surface area contributed by atoms with Crippen LogP contribution in [0.15, 0.2) is 48.5 Å². The Labute approximate surface area is 170 Å². The number of amides is 1. The van der Waals surface area contributed by atoms with Gasteiger partial charge >= 0.3 is 0 Å². The van der Waals surface area contributed by atoms with Gasteiger partial charge in [-0.05, 0) is 24.3 Å². The Kier molecular flexibility index (Phi) is 5.88. The molecular weight excluding hydrogens is 378 g/mol. The molecule has 2 aliphatic heterocycles. The van der Waals surface area contributed by atoms with Crippen molar-refractivity contribution in [1.29, 1.82) is 0 Å². The molecule has 28 heavy (non-hydrogen) atoms. The number of benzene rings is 2. The summed E-state index contributed by atoms with van der Waals surface area (Å²) in [7, 11) is 0. The average molecular weight is 403 g/mol. The van der Waals surface area contributed by atoms with Crippen molar-refractivity contribution in [3.05, 3.63) is 53.6 Å².